The van der Waals surface area contributed by atoms with Gasteiger partial charge in [-0.25, -0.2) is 4.98 Å². The van der Waals surface area contributed by atoms with Crippen molar-refractivity contribution in [1.29, 1.82) is 0 Å². The van der Waals surface area contributed by atoms with Crippen LogP contribution in [0.2, 0.25) is 15.1 Å². The Kier molecular flexibility index (Phi) is 4.87. The maximum Gasteiger partial charge on any atom is 0.250 e. The van der Waals surface area contributed by atoms with Crippen LogP contribution in [0.3, 0.4) is 0 Å². The first-order valence-corrected chi connectivity index (χ1v) is 8.46. The highest BCUT2D eigenvalue weighted by molar-refractivity contribution is 7.22. The molecular formula is C16H9Cl3N2OS. The number of hydrogen-bond acceptors (Lipinski definition) is 3. The van der Waals surface area contributed by atoms with Crippen LogP contribution in [0.5, 0.6) is 0 Å². The third kappa shape index (κ3) is 4.03. The molecular weight excluding hydrogens is 375 g/mol. The van der Waals surface area contributed by atoms with E-state index in [2.05, 4.69) is 10.3 Å². The van der Waals surface area contributed by atoms with Crippen molar-refractivity contribution in [2.75, 3.05) is 5.32 Å². The molecule has 3 rings (SSSR count). The van der Waals surface area contributed by atoms with Crippen LogP contribution < -0.4 is 5.32 Å². The maximum absolute atomic E-state index is 12.0. The molecule has 1 heterocycles. The molecule has 3 aromatic rings. The fraction of sp³-hybridized carbons (Fsp3) is 0. The van der Waals surface area contributed by atoms with Gasteiger partial charge in [-0.05, 0) is 42.0 Å². The quantitative estimate of drug-likeness (QED) is 0.571. The van der Waals surface area contributed by atoms with Crippen LogP contribution in [0.25, 0.3) is 16.3 Å². The Hall–Kier alpha value is -1.59. The van der Waals surface area contributed by atoms with Gasteiger partial charge < -0.3 is 0 Å². The summed E-state index contributed by atoms with van der Waals surface area (Å²) < 4.78 is 0.918. The lowest BCUT2D eigenvalue weighted by molar-refractivity contribution is -0.111. The van der Waals surface area contributed by atoms with Gasteiger partial charge in [-0.1, -0.05) is 52.2 Å². The molecule has 0 aliphatic carbocycles. The molecule has 116 valence electrons. The Labute approximate surface area is 151 Å². The average molecular weight is 384 g/mol. The first-order valence-electron chi connectivity index (χ1n) is 6.51. The number of benzene rings is 2. The zero-order chi connectivity index (χ0) is 16.4. The Morgan fingerprint density at radius 1 is 1.09 bits per heavy atom. The third-order valence-corrected chi connectivity index (χ3v) is 4.86. The molecule has 0 atom stereocenters. The standard InChI is InChI=1S/C16H9Cl3N2OS/c17-10-3-5-13-14(8-10)23-16(20-13)21-15(22)6-2-9-1-4-11(18)12(19)7-9/h1-8H,(H,20,21,22)/b6-2+. The van der Waals surface area contributed by atoms with Crippen molar-refractivity contribution in [3.63, 3.8) is 0 Å². The number of anilines is 1. The van der Waals surface area contributed by atoms with Crippen LogP contribution in [0.15, 0.2) is 42.5 Å². The molecule has 0 aliphatic rings. The summed E-state index contributed by atoms with van der Waals surface area (Å²) in [4.78, 5) is 16.3. The minimum atomic E-state index is -0.277. The van der Waals surface area contributed by atoms with E-state index in [4.69, 9.17) is 34.8 Å². The highest BCUT2D eigenvalue weighted by Crippen LogP contribution is 2.28. The first kappa shape index (κ1) is 16.3. The van der Waals surface area contributed by atoms with E-state index in [0.29, 0.717) is 20.2 Å². The summed E-state index contributed by atoms with van der Waals surface area (Å²) in [5.41, 5.74) is 1.58. The van der Waals surface area contributed by atoms with Gasteiger partial charge in [0.25, 0.3) is 0 Å². The second-order valence-corrected chi connectivity index (χ2v) is 6.91. The molecule has 1 N–H and O–H groups in total. The van der Waals surface area contributed by atoms with E-state index in [1.807, 2.05) is 12.1 Å². The fourth-order valence-corrected chi connectivity index (χ4v) is 3.34. The van der Waals surface area contributed by atoms with Crippen molar-refractivity contribution in [1.82, 2.24) is 4.98 Å². The lowest BCUT2D eigenvalue weighted by atomic mass is 10.2. The van der Waals surface area contributed by atoms with Gasteiger partial charge in [0, 0.05) is 11.1 Å². The summed E-state index contributed by atoms with van der Waals surface area (Å²) in [5.74, 6) is -0.277. The van der Waals surface area contributed by atoms with Crippen molar-refractivity contribution in [3.05, 3.63) is 63.1 Å². The maximum atomic E-state index is 12.0. The number of fused-ring (bicyclic) bond motifs is 1. The molecule has 0 spiro atoms. The predicted molar refractivity (Wildman–Crippen MR) is 98.8 cm³/mol. The molecule has 0 fully saturated rings. The Morgan fingerprint density at radius 3 is 2.70 bits per heavy atom. The van der Waals surface area contributed by atoms with Gasteiger partial charge in [0.1, 0.15) is 0 Å². The number of halogens is 3. The molecule has 23 heavy (non-hydrogen) atoms. The molecule has 1 aromatic heterocycles. The Balaban J connectivity index is 1.72. The average Bonchev–Trinajstić information content (AvgIpc) is 2.89. The molecule has 3 nitrogen and oxygen atoms in total. The van der Waals surface area contributed by atoms with E-state index in [1.165, 1.54) is 17.4 Å². The second kappa shape index (κ2) is 6.89. The number of nitrogens with zero attached hydrogens (tertiary/aromatic N) is 1. The molecule has 0 unspecified atom stereocenters. The number of carbonyl (C=O) groups is 1. The summed E-state index contributed by atoms with van der Waals surface area (Å²) in [6.45, 7) is 0. The Bertz CT molecular complexity index is 921. The normalized spacial score (nSPS) is 11.3. The van der Waals surface area contributed by atoms with Gasteiger partial charge in [0.05, 0.1) is 20.3 Å². The summed E-state index contributed by atoms with van der Waals surface area (Å²) in [5, 5.41) is 4.80. The largest absolute Gasteiger partial charge is 0.298 e. The van der Waals surface area contributed by atoms with Crippen LogP contribution >= 0.6 is 46.1 Å². The van der Waals surface area contributed by atoms with Crippen molar-refractivity contribution >= 4 is 73.5 Å². The monoisotopic (exact) mass is 382 g/mol. The number of aromatic nitrogens is 1. The van der Waals surface area contributed by atoms with E-state index in [0.717, 1.165) is 15.8 Å². The number of carbonyl (C=O) groups excluding carboxylic acids is 1. The second-order valence-electron chi connectivity index (χ2n) is 4.63. The summed E-state index contributed by atoms with van der Waals surface area (Å²) in [7, 11) is 0. The van der Waals surface area contributed by atoms with Crippen LogP contribution in [-0.2, 0) is 4.79 Å². The smallest absolute Gasteiger partial charge is 0.250 e. The molecule has 0 aliphatic heterocycles. The number of nitrogens with one attached hydrogen (secondary N) is 1. The van der Waals surface area contributed by atoms with Gasteiger partial charge in [0.2, 0.25) is 5.91 Å². The first-order chi connectivity index (χ1) is 11.0. The zero-order valence-corrected chi connectivity index (χ0v) is 14.6. The number of hydrogen-bond donors (Lipinski definition) is 1. The van der Waals surface area contributed by atoms with Gasteiger partial charge in [-0.3, -0.25) is 10.1 Å². The van der Waals surface area contributed by atoms with E-state index < -0.39 is 0 Å². The van der Waals surface area contributed by atoms with E-state index in [1.54, 1.807) is 30.3 Å². The number of thiazole rings is 1. The lowest BCUT2D eigenvalue weighted by Crippen LogP contribution is -2.07. The van der Waals surface area contributed by atoms with E-state index >= 15 is 0 Å². The molecule has 1 amide bonds. The van der Waals surface area contributed by atoms with Gasteiger partial charge in [-0.15, -0.1) is 0 Å². The molecule has 2 aromatic carbocycles. The minimum absolute atomic E-state index is 0.277. The molecule has 7 heteroatoms. The Morgan fingerprint density at radius 2 is 1.91 bits per heavy atom. The zero-order valence-electron chi connectivity index (χ0n) is 11.5. The highest BCUT2D eigenvalue weighted by Gasteiger charge is 2.06. The van der Waals surface area contributed by atoms with Gasteiger partial charge in [-0.2, -0.15) is 0 Å². The molecule has 0 saturated carbocycles. The van der Waals surface area contributed by atoms with Crippen LogP contribution in [-0.4, -0.2) is 10.9 Å². The van der Waals surface area contributed by atoms with E-state index in [9.17, 15) is 4.79 Å². The van der Waals surface area contributed by atoms with Gasteiger partial charge in [0.15, 0.2) is 5.13 Å². The van der Waals surface area contributed by atoms with Crippen molar-refractivity contribution < 1.29 is 4.79 Å². The number of rotatable bonds is 3. The van der Waals surface area contributed by atoms with Crippen LogP contribution in [0.4, 0.5) is 5.13 Å². The van der Waals surface area contributed by atoms with Crippen LogP contribution in [0, 0.1) is 0 Å². The number of amides is 1. The summed E-state index contributed by atoms with van der Waals surface area (Å²) >= 11 is 19.1. The van der Waals surface area contributed by atoms with Crippen molar-refractivity contribution in [3.8, 4) is 0 Å². The van der Waals surface area contributed by atoms with Crippen molar-refractivity contribution in [2.24, 2.45) is 0 Å². The summed E-state index contributed by atoms with van der Waals surface area (Å²) in [6, 6.07) is 10.5. The molecule has 0 saturated heterocycles. The molecule has 0 radical (unpaired) electrons. The fourth-order valence-electron chi connectivity index (χ4n) is 1.89. The highest BCUT2D eigenvalue weighted by atomic mass is 35.5. The predicted octanol–water partition coefficient (Wildman–Crippen LogP) is 5.91. The SMILES string of the molecule is O=C(/C=C/c1ccc(Cl)c(Cl)c1)Nc1nc2ccc(Cl)cc2s1. The lowest BCUT2D eigenvalue weighted by Gasteiger charge is -1.98. The summed E-state index contributed by atoms with van der Waals surface area (Å²) in [6.07, 6.45) is 3.07. The molecule has 0 bridgehead atoms. The van der Waals surface area contributed by atoms with Gasteiger partial charge >= 0.3 is 0 Å². The third-order valence-electron chi connectivity index (χ3n) is 2.95. The topological polar surface area (TPSA) is 42.0 Å². The minimum Gasteiger partial charge on any atom is -0.298 e. The van der Waals surface area contributed by atoms with E-state index in [-0.39, 0.29) is 5.91 Å². The van der Waals surface area contributed by atoms with Crippen molar-refractivity contribution in [2.45, 2.75) is 0 Å². The van der Waals surface area contributed by atoms with Crippen LogP contribution in [0.1, 0.15) is 5.56 Å².